The van der Waals surface area contributed by atoms with Crippen LogP contribution < -0.4 is 0 Å². The lowest BCUT2D eigenvalue weighted by Gasteiger charge is -2.00. The summed E-state index contributed by atoms with van der Waals surface area (Å²) in [5, 5.41) is 17.1. The van der Waals surface area contributed by atoms with Crippen LogP contribution in [0.25, 0.3) is 0 Å². The highest BCUT2D eigenvalue weighted by Crippen LogP contribution is 2.30. The Labute approximate surface area is 70.5 Å². The van der Waals surface area contributed by atoms with Gasteiger partial charge in [0, 0.05) is 5.75 Å². The second kappa shape index (κ2) is 3.46. The number of hydrogen-bond donors (Lipinski definition) is 0. The van der Waals surface area contributed by atoms with Crippen molar-refractivity contribution in [3.8, 4) is 12.1 Å². The van der Waals surface area contributed by atoms with Crippen molar-refractivity contribution in [1.29, 1.82) is 10.5 Å². The molecular formula is C8H8N2S. The van der Waals surface area contributed by atoms with Gasteiger partial charge in [0.15, 0.2) is 0 Å². The molecule has 1 heterocycles. The normalized spacial score (nSPS) is 22.5. The van der Waals surface area contributed by atoms with Crippen molar-refractivity contribution in [3.63, 3.8) is 0 Å². The second-order valence-electron chi connectivity index (χ2n) is 2.54. The first kappa shape index (κ1) is 8.17. The third kappa shape index (κ3) is 1.56. The van der Waals surface area contributed by atoms with Gasteiger partial charge >= 0.3 is 0 Å². The standard InChI is InChI=1S/C8H8N2S/c1-6-4-11-5-8(6)7(2-9)3-10/h6H,4-5H2,1H3. The van der Waals surface area contributed by atoms with Crippen molar-refractivity contribution in [2.45, 2.75) is 6.92 Å². The molecule has 11 heavy (non-hydrogen) atoms. The molecule has 2 nitrogen and oxygen atoms in total. The molecule has 0 spiro atoms. The molecule has 1 rings (SSSR count). The molecular weight excluding hydrogens is 156 g/mol. The Hall–Kier alpha value is -0.930. The quantitative estimate of drug-likeness (QED) is 0.512. The molecule has 56 valence electrons. The summed E-state index contributed by atoms with van der Waals surface area (Å²) in [5.74, 6) is 2.31. The summed E-state index contributed by atoms with van der Waals surface area (Å²) >= 11 is 1.79. The van der Waals surface area contributed by atoms with Crippen molar-refractivity contribution >= 4 is 11.8 Å². The Bertz CT molecular complexity index is 251. The SMILES string of the molecule is CC1CSCC1=C(C#N)C#N. The van der Waals surface area contributed by atoms with Crippen LogP contribution in [0, 0.1) is 28.6 Å². The van der Waals surface area contributed by atoms with E-state index in [0.29, 0.717) is 11.5 Å². The summed E-state index contributed by atoms with van der Waals surface area (Å²) in [6.07, 6.45) is 0. The van der Waals surface area contributed by atoms with Gasteiger partial charge in [-0.2, -0.15) is 22.3 Å². The van der Waals surface area contributed by atoms with E-state index in [4.69, 9.17) is 10.5 Å². The molecule has 1 fully saturated rings. The van der Waals surface area contributed by atoms with Crippen molar-refractivity contribution in [1.82, 2.24) is 0 Å². The third-order valence-electron chi connectivity index (χ3n) is 1.76. The Morgan fingerprint density at radius 1 is 1.55 bits per heavy atom. The number of hydrogen-bond acceptors (Lipinski definition) is 3. The molecule has 0 aromatic carbocycles. The fraction of sp³-hybridized carbons (Fsp3) is 0.500. The molecule has 0 aromatic rings. The van der Waals surface area contributed by atoms with E-state index in [-0.39, 0.29) is 0 Å². The monoisotopic (exact) mass is 164 g/mol. The molecule has 1 unspecified atom stereocenters. The maximum Gasteiger partial charge on any atom is 0.130 e. The number of rotatable bonds is 0. The summed E-state index contributed by atoms with van der Waals surface area (Å²) in [6, 6.07) is 3.86. The van der Waals surface area contributed by atoms with Crippen LogP contribution in [-0.2, 0) is 0 Å². The largest absolute Gasteiger partial charge is 0.192 e. The Morgan fingerprint density at radius 2 is 2.18 bits per heavy atom. The van der Waals surface area contributed by atoms with E-state index in [1.54, 1.807) is 11.8 Å². The smallest absolute Gasteiger partial charge is 0.130 e. The van der Waals surface area contributed by atoms with Crippen molar-refractivity contribution < 1.29 is 0 Å². The van der Waals surface area contributed by atoms with Crippen molar-refractivity contribution in [3.05, 3.63) is 11.1 Å². The molecule has 0 bridgehead atoms. The average molecular weight is 164 g/mol. The van der Waals surface area contributed by atoms with E-state index in [2.05, 4.69) is 6.92 Å². The average Bonchev–Trinajstić information content (AvgIpc) is 2.40. The first-order valence-electron chi connectivity index (χ1n) is 3.40. The van der Waals surface area contributed by atoms with Gasteiger partial charge in [-0.25, -0.2) is 0 Å². The molecule has 1 aliphatic heterocycles. The van der Waals surface area contributed by atoms with E-state index >= 15 is 0 Å². The number of nitriles is 2. The van der Waals surface area contributed by atoms with E-state index in [9.17, 15) is 0 Å². The number of nitrogens with zero attached hydrogens (tertiary/aromatic N) is 2. The maximum absolute atomic E-state index is 8.56. The summed E-state index contributed by atoms with van der Waals surface area (Å²) in [6.45, 7) is 2.06. The molecule has 1 saturated heterocycles. The van der Waals surface area contributed by atoms with Gasteiger partial charge < -0.3 is 0 Å². The van der Waals surface area contributed by atoms with Crippen LogP contribution >= 0.6 is 11.8 Å². The lowest BCUT2D eigenvalue weighted by atomic mass is 10.0. The predicted octanol–water partition coefficient (Wildman–Crippen LogP) is 1.71. The zero-order chi connectivity index (χ0) is 8.27. The molecule has 1 atom stereocenters. The van der Waals surface area contributed by atoms with Gasteiger partial charge in [-0.05, 0) is 17.2 Å². The molecule has 0 N–H and O–H groups in total. The lowest BCUT2D eigenvalue weighted by molar-refractivity contribution is 0.806. The Morgan fingerprint density at radius 3 is 2.55 bits per heavy atom. The van der Waals surface area contributed by atoms with Crippen LogP contribution in [0.4, 0.5) is 0 Å². The van der Waals surface area contributed by atoms with Crippen LogP contribution in [0.15, 0.2) is 11.1 Å². The van der Waals surface area contributed by atoms with Gasteiger partial charge in [0.2, 0.25) is 0 Å². The predicted molar refractivity (Wildman–Crippen MR) is 44.7 cm³/mol. The molecule has 0 aromatic heterocycles. The van der Waals surface area contributed by atoms with Crippen LogP contribution in [-0.4, -0.2) is 11.5 Å². The van der Waals surface area contributed by atoms with Gasteiger partial charge in [0.05, 0.1) is 0 Å². The number of thioether (sulfide) groups is 1. The van der Waals surface area contributed by atoms with Crippen LogP contribution in [0.1, 0.15) is 6.92 Å². The first-order valence-corrected chi connectivity index (χ1v) is 4.56. The molecule has 3 heteroatoms. The van der Waals surface area contributed by atoms with Gasteiger partial charge in [-0.1, -0.05) is 6.92 Å². The van der Waals surface area contributed by atoms with E-state index in [0.717, 1.165) is 17.1 Å². The van der Waals surface area contributed by atoms with Crippen LogP contribution in [0.5, 0.6) is 0 Å². The summed E-state index contributed by atoms with van der Waals surface area (Å²) in [5.41, 5.74) is 1.35. The highest BCUT2D eigenvalue weighted by Gasteiger charge is 2.20. The highest BCUT2D eigenvalue weighted by atomic mass is 32.2. The fourth-order valence-electron chi connectivity index (χ4n) is 1.08. The highest BCUT2D eigenvalue weighted by molar-refractivity contribution is 7.99. The third-order valence-corrected chi connectivity index (χ3v) is 3.02. The molecule has 0 amide bonds. The minimum Gasteiger partial charge on any atom is -0.192 e. The topological polar surface area (TPSA) is 47.6 Å². The lowest BCUT2D eigenvalue weighted by Crippen LogP contribution is -1.97. The van der Waals surface area contributed by atoms with Gasteiger partial charge in [-0.3, -0.25) is 0 Å². The summed E-state index contributed by atoms with van der Waals surface area (Å²) < 4.78 is 0. The fourth-order valence-corrected chi connectivity index (χ4v) is 2.40. The van der Waals surface area contributed by atoms with Crippen molar-refractivity contribution in [2.24, 2.45) is 5.92 Å². The van der Waals surface area contributed by atoms with Gasteiger partial charge in [-0.15, -0.1) is 0 Å². The zero-order valence-electron chi connectivity index (χ0n) is 6.29. The summed E-state index contributed by atoms with van der Waals surface area (Å²) in [7, 11) is 0. The molecule has 0 aliphatic carbocycles. The van der Waals surface area contributed by atoms with Crippen LogP contribution in [0.3, 0.4) is 0 Å². The molecule has 1 aliphatic rings. The minimum absolute atomic E-state index is 0.322. The molecule has 0 saturated carbocycles. The first-order chi connectivity index (χ1) is 5.29. The van der Waals surface area contributed by atoms with Gasteiger partial charge in [0.25, 0.3) is 0 Å². The molecule has 0 radical (unpaired) electrons. The Balaban J connectivity index is 2.96. The Kier molecular flexibility index (Phi) is 2.57. The summed E-state index contributed by atoms with van der Waals surface area (Å²) in [4.78, 5) is 0. The van der Waals surface area contributed by atoms with Gasteiger partial charge in [0.1, 0.15) is 17.7 Å². The van der Waals surface area contributed by atoms with Crippen molar-refractivity contribution in [2.75, 3.05) is 11.5 Å². The van der Waals surface area contributed by atoms with E-state index in [1.165, 1.54) is 0 Å². The zero-order valence-corrected chi connectivity index (χ0v) is 7.11. The second-order valence-corrected chi connectivity index (χ2v) is 3.57. The number of allylic oxidation sites excluding steroid dienone is 1. The minimum atomic E-state index is 0.322. The maximum atomic E-state index is 8.56. The van der Waals surface area contributed by atoms with E-state index in [1.807, 2.05) is 12.1 Å². The van der Waals surface area contributed by atoms with Crippen LogP contribution in [0.2, 0.25) is 0 Å². The van der Waals surface area contributed by atoms with E-state index < -0.39 is 0 Å².